The minimum atomic E-state index is 0.845. The molecule has 0 bridgehead atoms. The summed E-state index contributed by atoms with van der Waals surface area (Å²) in [6.45, 7) is 4.05. The first-order chi connectivity index (χ1) is 7.74. The highest BCUT2D eigenvalue weighted by atomic mass is 32.1. The van der Waals surface area contributed by atoms with Gasteiger partial charge in [-0.3, -0.25) is 0 Å². The third-order valence-corrected chi connectivity index (χ3v) is 2.91. The third-order valence-electron chi connectivity index (χ3n) is 2.45. The van der Waals surface area contributed by atoms with Crippen LogP contribution >= 0.6 is 12.2 Å². The molecule has 0 aliphatic heterocycles. The fraction of sp³-hybridized carbons (Fsp3) is 0.462. The summed E-state index contributed by atoms with van der Waals surface area (Å²) in [4.78, 5) is 2.10. The maximum atomic E-state index is 5.27. The molecule has 0 aromatic heterocycles. The van der Waals surface area contributed by atoms with Gasteiger partial charge in [0.15, 0.2) is 5.11 Å². The molecule has 0 unspecified atom stereocenters. The standard InChI is InChI=1S/C13H20N2S/c1-3-10-14-13(16)15(2)11-9-12-7-5-4-6-8-12/h4-8H,3,9-11H2,1-2H3,(H,14,16). The van der Waals surface area contributed by atoms with Gasteiger partial charge in [0.25, 0.3) is 0 Å². The monoisotopic (exact) mass is 236 g/mol. The van der Waals surface area contributed by atoms with Gasteiger partial charge >= 0.3 is 0 Å². The molecule has 1 aromatic carbocycles. The van der Waals surface area contributed by atoms with Crippen molar-refractivity contribution in [3.63, 3.8) is 0 Å². The quantitative estimate of drug-likeness (QED) is 0.791. The van der Waals surface area contributed by atoms with Crippen LogP contribution < -0.4 is 5.32 Å². The lowest BCUT2D eigenvalue weighted by Gasteiger charge is -2.20. The average Bonchev–Trinajstić information content (AvgIpc) is 2.34. The van der Waals surface area contributed by atoms with Crippen molar-refractivity contribution in [1.29, 1.82) is 0 Å². The van der Waals surface area contributed by atoms with Gasteiger partial charge in [0.2, 0.25) is 0 Å². The summed E-state index contributed by atoms with van der Waals surface area (Å²) in [5.41, 5.74) is 1.35. The molecule has 0 amide bonds. The molecule has 88 valence electrons. The van der Waals surface area contributed by atoms with Crippen LogP contribution in [0.3, 0.4) is 0 Å². The van der Waals surface area contributed by atoms with E-state index < -0.39 is 0 Å². The van der Waals surface area contributed by atoms with Crippen molar-refractivity contribution in [3.8, 4) is 0 Å². The molecule has 1 N–H and O–H groups in total. The van der Waals surface area contributed by atoms with Gasteiger partial charge in [0.1, 0.15) is 0 Å². The zero-order valence-electron chi connectivity index (χ0n) is 10.1. The van der Waals surface area contributed by atoms with Gasteiger partial charge in [0, 0.05) is 20.1 Å². The zero-order chi connectivity index (χ0) is 11.8. The van der Waals surface area contributed by atoms with E-state index in [1.165, 1.54) is 5.56 Å². The normalized spacial score (nSPS) is 9.88. The second-order valence-electron chi connectivity index (χ2n) is 3.89. The van der Waals surface area contributed by atoms with Crippen LogP contribution in [0.1, 0.15) is 18.9 Å². The summed E-state index contributed by atoms with van der Waals surface area (Å²) in [5, 5.41) is 4.07. The summed E-state index contributed by atoms with van der Waals surface area (Å²) in [5.74, 6) is 0. The van der Waals surface area contributed by atoms with Gasteiger partial charge in [-0.05, 0) is 30.6 Å². The van der Waals surface area contributed by atoms with E-state index in [0.29, 0.717) is 0 Å². The highest BCUT2D eigenvalue weighted by Gasteiger charge is 2.02. The van der Waals surface area contributed by atoms with Crippen molar-refractivity contribution in [1.82, 2.24) is 10.2 Å². The lowest BCUT2D eigenvalue weighted by molar-refractivity contribution is 0.496. The van der Waals surface area contributed by atoms with Crippen molar-refractivity contribution in [2.45, 2.75) is 19.8 Å². The lowest BCUT2D eigenvalue weighted by atomic mass is 10.1. The van der Waals surface area contributed by atoms with Gasteiger partial charge in [-0.1, -0.05) is 37.3 Å². The minimum absolute atomic E-state index is 0.845. The van der Waals surface area contributed by atoms with E-state index in [4.69, 9.17) is 12.2 Å². The van der Waals surface area contributed by atoms with Crippen LogP contribution in [0.4, 0.5) is 0 Å². The number of benzene rings is 1. The van der Waals surface area contributed by atoms with Crippen LogP contribution in [0.25, 0.3) is 0 Å². The molecule has 0 radical (unpaired) electrons. The highest BCUT2D eigenvalue weighted by Crippen LogP contribution is 2.00. The van der Waals surface area contributed by atoms with Gasteiger partial charge in [-0.2, -0.15) is 0 Å². The first kappa shape index (κ1) is 13.0. The van der Waals surface area contributed by atoms with E-state index in [9.17, 15) is 0 Å². The third kappa shape index (κ3) is 4.62. The topological polar surface area (TPSA) is 15.3 Å². The smallest absolute Gasteiger partial charge is 0.168 e. The number of nitrogens with one attached hydrogen (secondary N) is 1. The minimum Gasteiger partial charge on any atom is -0.363 e. The number of thiocarbonyl (C=S) groups is 1. The lowest BCUT2D eigenvalue weighted by Crippen LogP contribution is -2.38. The number of nitrogens with zero attached hydrogens (tertiary/aromatic N) is 1. The first-order valence-electron chi connectivity index (χ1n) is 5.77. The Kier molecular flexibility index (Phi) is 5.86. The first-order valence-corrected chi connectivity index (χ1v) is 6.17. The largest absolute Gasteiger partial charge is 0.363 e. The van der Waals surface area contributed by atoms with E-state index >= 15 is 0 Å². The van der Waals surface area contributed by atoms with Crippen LogP contribution in [0.2, 0.25) is 0 Å². The molecule has 0 saturated carbocycles. The summed E-state index contributed by atoms with van der Waals surface area (Å²) in [6, 6.07) is 10.5. The number of rotatable bonds is 5. The molecule has 0 atom stereocenters. The van der Waals surface area contributed by atoms with Crippen LogP contribution in [0.5, 0.6) is 0 Å². The summed E-state index contributed by atoms with van der Waals surface area (Å²) < 4.78 is 0. The average molecular weight is 236 g/mol. The Hall–Kier alpha value is -1.09. The van der Waals surface area contributed by atoms with E-state index in [1.54, 1.807) is 0 Å². The fourth-order valence-electron chi connectivity index (χ4n) is 1.41. The molecule has 0 aliphatic rings. The predicted octanol–water partition coefficient (Wildman–Crippen LogP) is 2.45. The maximum Gasteiger partial charge on any atom is 0.168 e. The highest BCUT2D eigenvalue weighted by molar-refractivity contribution is 7.80. The number of hydrogen-bond acceptors (Lipinski definition) is 1. The van der Waals surface area contributed by atoms with Crippen LogP contribution in [0, 0.1) is 0 Å². The van der Waals surface area contributed by atoms with E-state index in [2.05, 4.69) is 41.4 Å². The van der Waals surface area contributed by atoms with Gasteiger partial charge in [-0.15, -0.1) is 0 Å². The van der Waals surface area contributed by atoms with E-state index in [1.807, 2.05) is 13.1 Å². The molecule has 3 heteroatoms. The Morgan fingerprint density at radius 1 is 1.31 bits per heavy atom. The second-order valence-corrected chi connectivity index (χ2v) is 4.28. The maximum absolute atomic E-state index is 5.27. The van der Waals surface area contributed by atoms with Gasteiger partial charge in [-0.25, -0.2) is 0 Å². The molecule has 0 spiro atoms. The second kappa shape index (κ2) is 7.23. The molecule has 0 heterocycles. The Morgan fingerprint density at radius 3 is 2.62 bits per heavy atom. The van der Waals surface area contributed by atoms with Crippen molar-refractivity contribution in [3.05, 3.63) is 35.9 Å². The van der Waals surface area contributed by atoms with Crippen LogP contribution in [-0.4, -0.2) is 30.1 Å². The van der Waals surface area contributed by atoms with Crippen molar-refractivity contribution >= 4 is 17.3 Å². The predicted molar refractivity (Wildman–Crippen MR) is 73.7 cm³/mol. The van der Waals surface area contributed by atoms with E-state index in [-0.39, 0.29) is 0 Å². The zero-order valence-corrected chi connectivity index (χ0v) is 10.9. The number of likely N-dealkylation sites (N-methyl/N-ethyl adjacent to an activating group) is 1. The Labute approximate surface area is 104 Å². The Bertz CT molecular complexity index is 311. The molecule has 1 rings (SSSR count). The molecule has 2 nitrogen and oxygen atoms in total. The van der Waals surface area contributed by atoms with Crippen molar-refractivity contribution < 1.29 is 0 Å². The molecule has 0 fully saturated rings. The SMILES string of the molecule is CCCNC(=S)N(C)CCc1ccccc1. The van der Waals surface area contributed by atoms with Crippen molar-refractivity contribution in [2.75, 3.05) is 20.1 Å². The Morgan fingerprint density at radius 2 is 2.00 bits per heavy atom. The van der Waals surface area contributed by atoms with Crippen molar-refractivity contribution in [2.24, 2.45) is 0 Å². The fourth-order valence-corrected chi connectivity index (χ4v) is 1.60. The summed E-state index contributed by atoms with van der Waals surface area (Å²) >= 11 is 5.27. The molecule has 1 aromatic rings. The Balaban J connectivity index is 2.29. The van der Waals surface area contributed by atoms with Crippen LogP contribution in [0.15, 0.2) is 30.3 Å². The van der Waals surface area contributed by atoms with E-state index in [0.717, 1.165) is 31.0 Å². The van der Waals surface area contributed by atoms with Crippen LogP contribution in [-0.2, 0) is 6.42 Å². The summed E-state index contributed by atoms with van der Waals surface area (Å²) in [7, 11) is 2.04. The van der Waals surface area contributed by atoms with Gasteiger partial charge in [0.05, 0.1) is 0 Å². The summed E-state index contributed by atoms with van der Waals surface area (Å²) in [6.07, 6.45) is 2.14. The number of hydrogen-bond donors (Lipinski definition) is 1. The molecular weight excluding hydrogens is 216 g/mol. The molecular formula is C13H20N2S. The molecule has 16 heavy (non-hydrogen) atoms. The molecule has 0 aliphatic carbocycles. The van der Waals surface area contributed by atoms with Gasteiger partial charge < -0.3 is 10.2 Å². The molecule has 0 saturated heterocycles.